The fourth-order valence-corrected chi connectivity index (χ4v) is 3.46. The van der Waals surface area contributed by atoms with E-state index in [2.05, 4.69) is 0 Å². The number of benzene rings is 2. The highest BCUT2D eigenvalue weighted by Crippen LogP contribution is 2.29. The minimum absolute atomic E-state index is 0.0415. The number of rotatable bonds is 2. The molecule has 0 radical (unpaired) electrons. The molecule has 2 aromatic carbocycles. The van der Waals surface area contributed by atoms with Gasteiger partial charge in [0.2, 0.25) is 0 Å². The molecule has 0 saturated carbocycles. The summed E-state index contributed by atoms with van der Waals surface area (Å²) in [6.07, 6.45) is 0.614. The maximum absolute atomic E-state index is 12.8. The second kappa shape index (κ2) is 6.59. The lowest BCUT2D eigenvalue weighted by Crippen LogP contribution is -2.37. The van der Waals surface area contributed by atoms with Crippen LogP contribution in [-0.2, 0) is 17.7 Å². The first-order valence-electron chi connectivity index (χ1n) is 8.52. The predicted octanol–water partition coefficient (Wildman–Crippen LogP) is 3.22. The molecule has 1 amide bonds. The molecule has 1 aliphatic heterocycles. The first-order chi connectivity index (χ1) is 12.7. The number of aromatic nitrogens is 1. The molecule has 5 heteroatoms. The highest BCUT2D eigenvalue weighted by Gasteiger charge is 2.28. The molecule has 4 rings (SSSR count). The van der Waals surface area contributed by atoms with Crippen LogP contribution in [0.25, 0.3) is 10.9 Å². The number of carbonyl (C=O) groups excluding carboxylic acids is 2. The molecule has 2 heterocycles. The van der Waals surface area contributed by atoms with E-state index in [9.17, 15) is 9.59 Å². The van der Waals surface area contributed by atoms with E-state index in [1.807, 2.05) is 42.5 Å². The number of methoxy groups -OCH3 is 1. The van der Waals surface area contributed by atoms with E-state index in [0.717, 1.165) is 22.2 Å². The van der Waals surface area contributed by atoms with Crippen molar-refractivity contribution >= 4 is 22.8 Å². The quantitative estimate of drug-likeness (QED) is 0.669. The first kappa shape index (κ1) is 16.3. The number of esters is 1. The maximum Gasteiger partial charge on any atom is 0.338 e. The zero-order valence-electron chi connectivity index (χ0n) is 14.4. The second-order valence-corrected chi connectivity index (χ2v) is 6.26. The molecule has 0 fully saturated rings. The summed E-state index contributed by atoms with van der Waals surface area (Å²) in [5.41, 5.74) is 3.57. The van der Waals surface area contributed by atoms with Crippen LogP contribution in [0.5, 0.6) is 0 Å². The monoisotopic (exact) mass is 346 g/mol. The lowest BCUT2D eigenvalue weighted by atomic mass is 9.95. The van der Waals surface area contributed by atoms with Gasteiger partial charge >= 0.3 is 5.97 Å². The number of nitrogens with zero attached hydrogens (tertiary/aromatic N) is 2. The third kappa shape index (κ3) is 2.71. The Balaban J connectivity index is 1.80. The Hall–Kier alpha value is -3.21. The summed E-state index contributed by atoms with van der Waals surface area (Å²) in [6, 6.07) is 16.7. The molecular formula is C21H18N2O3. The minimum Gasteiger partial charge on any atom is -0.465 e. The van der Waals surface area contributed by atoms with Gasteiger partial charge in [0, 0.05) is 41.7 Å². The number of hydrogen-bond acceptors (Lipinski definition) is 4. The highest BCUT2D eigenvalue weighted by atomic mass is 16.5. The number of ether oxygens (including phenoxy) is 1. The highest BCUT2D eigenvalue weighted by molar-refractivity contribution is 6.05. The molecule has 0 atom stereocenters. The van der Waals surface area contributed by atoms with Crippen LogP contribution >= 0.6 is 0 Å². The van der Waals surface area contributed by atoms with Crippen LogP contribution in [0.4, 0.5) is 0 Å². The predicted molar refractivity (Wildman–Crippen MR) is 98.0 cm³/mol. The van der Waals surface area contributed by atoms with Gasteiger partial charge in [-0.05, 0) is 18.2 Å². The summed E-state index contributed by atoms with van der Waals surface area (Å²) in [7, 11) is 1.37. The summed E-state index contributed by atoms with van der Waals surface area (Å²) in [6.45, 7) is 0.929. The molecule has 0 N–H and O–H groups in total. The van der Waals surface area contributed by atoms with Gasteiger partial charge < -0.3 is 9.64 Å². The fraction of sp³-hybridized carbons (Fsp3) is 0.190. The Bertz CT molecular complexity index is 999. The van der Waals surface area contributed by atoms with E-state index in [4.69, 9.17) is 9.72 Å². The average molecular weight is 346 g/mol. The molecular weight excluding hydrogens is 328 g/mol. The van der Waals surface area contributed by atoms with E-state index in [1.165, 1.54) is 7.11 Å². The summed E-state index contributed by atoms with van der Waals surface area (Å²) in [5.74, 6) is -0.436. The minimum atomic E-state index is -0.395. The number of pyridine rings is 1. The van der Waals surface area contributed by atoms with Crippen molar-refractivity contribution in [1.82, 2.24) is 9.88 Å². The van der Waals surface area contributed by atoms with E-state index < -0.39 is 5.97 Å². The first-order valence-corrected chi connectivity index (χ1v) is 8.52. The Kier molecular flexibility index (Phi) is 4.13. The third-order valence-electron chi connectivity index (χ3n) is 4.74. The standard InChI is InChI=1S/C21H18N2O3/c1-26-21(25)19-15-9-5-6-10-17(15)22-18-11-12-23(13-16(18)19)20(24)14-7-3-2-4-8-14/h2-10H,11-13H2,1H3. The van der Waals surface area contributed by atoms with Crippen LogP contribution in [0.2, 0.25) is 0 Å². The van der Waals surface area contributed by atoms with E-state index in [1.54, 1.807) is 17.0 Å². The van der Waals surface area contributed by atoms with Crippen molar-refractivity contribution in [3.05, 3.63) is 77.0 Å². The Morgan fingerprint density at radius 3 is 2.54 bits per heavy atom. The average Bonchev–Trinajstić information content (AvgIpc) is 2.71. The molecule has 5 nitrogen and oxygen atoms in total. The zero-order chi connectivity index (χ0) is 18.1. The van der Waals surface area contributed by atoms with Crippen molar-refractivity contribution in [1.29, 1.82) is 0 Å². The Morgan fingerprint density at radius 1 is 1.04 bits per heavy atom. The van der Waals surface area contributed by atoms with Crippen LogP contribution in [-0.4, -0.2) is 35.4 Å². The summed E-state index contributed by atoms with van der Waals surface area (Å²) >= 11 is 0. The van der Waals surface area contributed by atoms with Gasteiger partial charge in [-0.1, -0.05) is 36.4 Å². The number of carbonyl (C=O) groups is 2. The Labute approximate surface area is 151 Å². The fourth-order valence-electron chi connectivity index (χ4n) is 3.46. The molecule has 0 bridgehead atoms. The van der Waals surface area contributed by atoms with E-state index in [0.29, 0.717) is 30.6 Å². The molecule has 1 aliphatic rings. The summed E-state index contributed by atoms with van der Waals surface area (Å²) in [4.78, 5) is 31.8. The maximum atomic E-state index is 12.8. The SMILES string of the molecule is COC(=O)c1c2c(nc3ccccc13)CCN(C(=O)c1ccccc1)C2. The van der Waals surface area contributed by atoms with Crippen molar-refractivity contribution in [2.45, 2.75) is 13.0 Å². The molecule has 130 valence electrons. The van der Waals surface area contributed by atoms with Crippen LogP contribution in [0, 0.1) is 0 Å². The van der Waals surface area contributed by atoms with Crippen molar-refractivity contribution in [3.63, 3.8) is 0 Å². The summed E-state index contributed by atoms with van der Waals surface area (Å²) in [5, 5.41) is 0.757. The van der Waals surface area contributed by atoms with Crippen molar-refractivity contribution in [2.75, 3.05) is 13.7 Å². The molecule has 1 aromatic heterocycles. The number of amides is 1. The summed E-state index contributed by atoms with van der Waals surface area (Å²) < 4.78 is 5.02. The van der Waals surface area contributed by atoms with Gasteiger partial charge in [-0.3, -0.25) is 9.78 Å². The Morgan fingerprint density at radius 2 is 1.77 bits per heavy atom. The van der Waals surface area contributed by atoms with Gasteiger partial charge in [-0.25, -0.2) is 4.79 Å². The van der Waals surface area contributed by atoms with Crippen molar-refractivity contribution < 1.29 is 14.3 Å². The molecule has 0 spiro atoms. The van der Waals surface area contributed by atoms with Gasteiger partial charge in [-0.2, -0.15) is 0 Å². The van der Waals surface area contributed by atoms with Gasteiger partial charge in [0.15, 0.2) is 0 Å². The smallest absolute Gasteiger partial charge is 0.338 e. The number of hydrogen-bond donors (Lipinski definition) is 0. The van der Waals surface area contributed by atoms with Gasteiger partial charge in [0.1, 0.15) is 0 Å². The van der Waals surface area contributed by atoms with Crippen molar-refractivity contribution in [3.8, 4) is 0 Å². The number of fused-ring (bicyclic) bond motifs is 2. The van der Waals surface area contributed by atoms with Gasteiger partial charge in [-0.15, -0.1) is 0 Å². The van der Waals surface area contributed by atoms with Crippen LogP contribution in [0.3, 0.4) is 0 Å². The molecule has 26 heavy (non-hydrogen) atoms. The largest absolute Gasteiger partial charge is 0.465 e. The second-order valence-electron chi connectivity index (χ2n) is 6.26. The molecule has 0 aliphatic carbocycles. The molecule has 3 aromatic rings. The molecule has 0 unspecified atom stereocenters. The van der Waals surface area contributed by atoms with E-state index >= 15 is 0 Å². The lowest BCUT2D eigenvalue weighted by Gasteiger charge is -2.30. The number of para-hydroxylation sites is 1. The van der Waals surface area contributed by atoms with Crippen LogP contribution in [0.15, 0.2) is 54.6 Å². The van der Waals surface area contributed by atoms with E-state index in [-0.39, 0.29) is 5.91 Å². The third-order valence-corrected chi connectivity index (χ3v) is 4.74. The topological polar surface area (TPSA) is 59.5 Å². The lowest BCUT2D eigenvalue weighted by molar-refractivity contribution is 0.0594. The van der Waals surface area contributed by atoms with Crippen LogP contribution in [0.1, 0.15) is 32.0 Å². The molecule has 0 saturated heterocycles. The van der Waals surface area contributed by atoms with Gasteiger partial charge in [0.05, 0.1) is 18.2 Å². The zero-order valence-corrected chi connectivity index (χ0v) is 14.4. The van der Waals surface area contributed by atoms with Gasteiger partial charge in [0.25, 0.3) is 5.91 Å². The van der Waals surface area contributed by atoms with Crippen LogP contribution < -0.4 is 0 Å². The normalized spacial score (nSPS) is 13.3. The van der Waals surface area contributed by atoms with Crippen molar-refractivity contribution in [2.24, 2.45) is 0 Å².